The van der Waals surface area contributed by atoms with E-state index in [9.17, 15) is 14.1 Å². The molecule has 0 spiro atoms. The maximum Gasteiger partial charge on any atom is 0.330 e. The van der Waals surface area contributed by atoms with Crippen molar-refractivity contribution >= 4 is 22.6 Å². The van der Waals surface area contributed by atoms with Gasteiger partial charge in [-0.2, -0.15) is 4.94 Å². The molecule has 9 heteroatoms. The van der Waals surface area contributed by atoms with E-state index in [2.05, 4.69) is 9.93 Å². The number of H-pyrrole nitrogens is 1. The van der Waals surface area contributed by atoms with Crippen LogP contribution in [0.15, 0.2) is 15.8 Å². The highest BCUT2D eigenvalue weighted by Crippen LogP contribution is 2.29. The summed E-state index contributed by atoms with van der Waals surface area (Å²) in [4.78, 5) is 28.6. The fraction of sp³-hybridized carbons (Fsp3) is 0.556. The Bertz CT molecular complexity index is 532. The zero-order chi connectivity index (χ0) is 13.3. The minimum atomic E-state index is -0.934. The van der Waals surface area contributed by atoms with Crippen LogP contribution in [0.25, 0.3) is 0 Å². The molecule has 1 aliphatic rings. The predicted molar refractivity (Wildman–Crippen MR) is 65.6 cm³/mol. The molecular formula is C9H10FIN2O5. The second-order valence-electron chi connectivity index (χ2n) is 3.82. The first-order chi connectivity index (χ1) is 8.56. The van der Waals surface area contributed by atoms with Crippen LogP contribution in [0.4, 0.5) is 4.53 Å². The number of aromatic nitrogens is 2. The summed E-state index contributed by atoms with van der Waals surface area (Å²) in [7, 11) is 0. The van der Waals surface area contributed by atoms with Gasteiger partial charge in [-0.15, -0.1) is 0 Å². The second-order valence-corrected chi connectivity index (χ2v) is 4.98. The molecule has 7 nitrogen and oxygen atoms in total. The molecule has 1 saturated heterocycles. The summed E-state index contributed by atoms with van der Waals surface area (Å²) >= 11 is 1.77. The molecule has 1 unspecified atom stereocenters. The van der Waals surface area contributed by atoms with Gasteiger partial charge in [0.15, 0.2) is 0 Å². The zero-order valence-corrected chi connectivity index (χ0v) is 11.2. The highest BCUT2D eigenvalue weighted by Gasteiger charge is 2.38. The van der Waals surface area contributed by atoms with Crippen molar-refractivity contribution in [2.24, 2.45) is 0 Å². The Hall–Kier alpha value is -0.780. The van der Waals surface area contributed by atoms with Gasteiger partial charge < -0.3 is 9.84 Å². The molecule has 2 N–H and O–H groups in total. The van der Waals surface area contributed by atoms with E-state index in [1.807, 2.05) is 0 Å². The fourth-order valence-corrected chi connectivity index (χ4v) is 2.24. The minimum absolute atomic E-state index is 0.0732. The van der Waals surface area contributed by atoms with Crippen molar-refractivity contribution in [1.82, 2.24) is 9.55 Å². The number of aromatic amines is 1. The number of hydrogen-bond donors (Lipinski definition) is 2. The maximum atomic E-state index is 12.2. The average molecular weight is 372 g/mol. The summed E-state index contributed by atoms with van der Waals surface area (Å²) in [6.07, 6.45) is -1.15. The summed E-state index contributed by atoms with van der Waals surface area (Å²) in [5, 5.41) is 8.98. The average Bonchev–Trinajstić information content (AvgIpc) is 2.76. The zero-order valence-electron chi connectivity index (χ0n) is 9.01. The first-order valence-electron chi connectivity index (χ1n) is 5.11. The lowest BCUT2D eigenvalue weighted by molar-refractivity contribution is -0.197. The maximum absolute atomic E-state index is 12.2. The molecule has 1 fully saturated rings. The number of rotatable bonds is 3. The van der Waals surface area contributed by atoms with E-state index >= 15 is 0 Å². The number of hydrogen-bond acceptors (Lipinski definition) is 5. The van der Waals surface area contributed by atoms with Crippen LogP contribution in [-0.4, -0.2) is 33.5 Å². The Morgan fingerprint density at radius 1 is 1.67 bits per heavy atom. The largest absolute Gasteiger partial charge is 0.394 e. The van der Waals surface area contributed by atoms with Crippen LogP contribution < -0.4 is 11.2 Å². The Morgan fingerprint density at radius 2 is 2.39 bits per heavy atom. The number of halogens is 2. The number of aliphatic hydroxyl groups excluding tert-OH is 1. The van der Waals surface area contributed by atoms with Gasteiger partial charge >= 0.3 is 5.69 Å². The molecular weight excluding hydrogens is 362 g/mol. The number of ether oxygens (including phenoxy) is 1. The van der Waals surface area contributed by atoms with Gasteiger partial charge in [0.2, 0.25) is 0 Å². The van der Waals surface area contributed by atoms with Crippen molar-refractivity contribution < 1.29 is 19.3 Å². The predicted octanol–water partition coefficient (Wildman–Crippen LogP) is -0.309. The molecule has 2 heterocycles. The van der Waals surface area contributed by atoms with Crippen molar-refractivity contribution in [2.45, 2.75) is 24.9 Å². The van der Waals surface area contributed by atoms with Crippen LogP contribution in [0.1, 0.15) is 12.6 Å². The van der Waals surface area contributed by atoms with Gasteiger partial charge in [0.25, 0.3) is 5.56 Å². The molecule has 1 aromatic rings. The van der Waals surface area contributed by atoms with Crippen LogP contribution >= 0.6 is 22.6 Å². The van der Waals surface area contributed by atoms with Gasteiger partial charge in [0, 0.05) is 12.6 Å². The lowest BCUT2D eigenvalue weighted by Crippen LogP contribution is -2.33. The molecule has 0 bridgehead atoms. The third-order valence-corrected chi connectivity index (χ3v) is 3.48. The highest BCUT2D eigenvalue weighted by molar-refractivity contribution is 14.1. The van der Waals surface area contributed by atoms with E-state index in [-0.39, 0.29) is 6.42 Å². The summed E-state index contributed by atoms with van der Waals surface area (Å²) in [5.41, 5.74) is -1.14. The van der Waals surface area contributed by atoms with Crippen molar-refractivity contribution in [3.8, 4) is 0 Å². The monoisotopic (exact) mass is 372 g/mol. The summed E-state index contributed by atoms with van der Waals surface area (Å²) in [6, 6.07) is 0. The van der Waals surface area contributed by atoms with Crippen LogP contribution in [0.3, 0.4) is 0 Å². The molecule has 2 rings (SSSR count). The van der Waals surface area contributed by atoms with Crippen LogP contribution in [0.2, 0.25) is 0 Å². The standard InChI is InChI=1S/C9H10FIN2O5/c10-18-5-1-7(17-6(5)3-14)13-2-4(11)8(15)12-9(13)16/h2,5-7,14H,1,3H2,(H,12,15,16)/t5?,6-,7-/m0/s1. The quantitative estimate of drug-likeness (QED) is 0.711. The van der Waals surface area contributed by atoms with Crippen LogP contribution in [0.5, 0.6) is 0 Å². The molecule has 0 amide bonds. The molecule has 1 aromatic heterocycles. The Morgan fingerprint density at radius 3 is 2.94 bits per heavy atom. The minimum Gasteiger partial charge on any atom is -0.394 e. The van der Waals surface area contributed by atoms with Crippen molar-refractivity contribution in [3.63, 3.8) is 0 Å². The molecule has 0 aliphatic carbocycles. The van der Waals surface area contributed by atoms with E-state index < -0.39 is 36.3 Å². The van der Waals surface area contributed by atoms with Crippen molar-refractivity contribution in [2.75, 3.05) is 6.61 Å². The SMILES string of the molecule is O=c1[nH]c(=O)n([C@@H]2CC(OF)[C@H](CO)O2)cc1I. The Kier molecular flexibility index (Phi) is 4.14. The third-order valence-electron chi connectivity index (χ3n) is 2.71. The van der Waals surface area contributed by atoms with E-state index in [1.54, 1.807) is 22.6 Å². The van der Waals surface area contributed by atoms with Crippen molar-refractivity contribution in [3.05, 3.63) is 30.6 Å². The lowest BCUT2D eigenvalue weighted by atomic mass is 10.2. The third kappa shape index (κ3) is 2.48. The summed E-state index contributed by atoms with van der Waals surface area (Å²) < 4.78 is 19.0. The van der Waals surface area contributed by atoms with Gasteiger partial charge in [-0.3, -0.25) is 14.3 Å². The summed E-state index contributed by atoms with van der Waals surface area (Å²) in [6.45, 7) is -0.416. The fourth-order valence-electron chi connectivity index (χ4n) is 1.80. The topological polar surface area (TPSA) is 93.6 Å². The molecule has 100 valence electrons. The van der Waals surface area contributed by atoms with Crippen LogP contribution in [0, 0.1) is 3.57 Å². The number of nitrogens with zero attached hydrogens (tertiary/aromatic N) is 1. The first-order valence-corrected chi connectivity index (χ1v) is 6.19. The molecule has 1 aliphatic heterocycles. The summed E-state index contributed by atoms with van der Waals surface area (Å²) in [5.74, 6) is 0. The first kappa shape index (κ1) is 13.6. The van der Waals surface area contributed by atoms with E-state index in [4.69, 9.17) is 9.84 Å². The van der Waals surface area contributed by atoms with Crippen LogP contribution in [-0.2, 0) is 9.68 Å². The van der Waals surface area contributed by atoms with E-state index in [0.29, 0.717) is 3.57 Å². The number of aliphatic hydroxyl groups is 1. The van der Waals surface area contributed by atoms with Gasteiger partial charge in [0.05, 0.1) is 10.2 Å². The normalized spacial score (nSPS) is 27.6. The highest BCUT2D eigenvalue weighted by atomic mass is 127. The molecule has 0 radical (unpaired) electrons. The Balaban J connectivity index is 2.31. The lowest BCUT2D eigenvalue weighted by Gasteiger charge is -2.14. The van der Waals surface area contributed by atoms with Gasteiger partial charge in [-0.25, -0.2) is 4.79 Å². The van der Waals surface area contributed by atoms with Crippen molar-refractivity contribution in [1.29, 1.82) is 0 Å². The number of nitrogens with one attached hydrogen (secondary N) is 1. The molecule has 0 aromatic carbocycles. The van der Waals surface area contributed by atoms with Gasteiger partial charge in [-0.1, -0.05) is 0 Å². The smallest absolute Gasteiger partial charge is 0.330 e. The Labute approximate surface area is 114 Å². The molecule has 18 heavy (non-hydrogen) atoms. The molecule has 0 saturated carbocycles. The molecule has 3 atom stereocenters. The van der Waals surface area contributed by atoms with E-state index in [0.717, 1.165) is 4.57 Å². The second kappa shape index (κ2) is 5.47. The van der Waals surface area contributed by atoms with Gasteiger partial charge in [0.1, 0.15) is 18.4 Å². The van der Waals surface area contributed by atoms with E-state index in [1.165, 1.54) is 6.20 Å². The van der Waals surface area contributed by atoms with Gasteiger partial charge in [-0.05, 0) is 27.1 Å².